The quantitative estimate of drug-likeness (QED) is 0.778. The van der Waals surface area contributed by atoms with Gasteiger partial charge in [0.15, 0.2) is 0 Å². The molecule has 0 spiro atoms. The van der Waals surface area contributed by atoms with Crippen molar-refractivity contribution in [3.8, 4) is 5.75 Å². The maximum atomic E-state index is 5.91. The lowest BCUT2D eigenvalue weighted by molar-refractivity contribution is 0.234. The van der Waals surface area contributed by atoms with E-state index in [4.69, 9.17) is 10.5 Å². The van der Waals surface area contributed by atoms with Crippen LogP contribution in [-0.2, 0) is 0 Å². The molecule has 3 heteroatoms. The third-order valence-corrected chi connectivity index (χ3v) is 3.10. The van der Waals surface area contributed by atoms with Crippen molar-refractivity contribution in [1.82, 2.24) is 4.90 Å². The Hall–Kier alpha value is -1.22. The first-order valence-corrected chi connectivity index (χ1v) is 5.81. The zero-order chi connectivity index (χ0) is 12.1. The van der Waals surface area contributed by atoms with Crippen LogP contribution in [0.3, 0.4) is 0 Å². The molecule has 0 radical (unpaired) electrons. The predicted octanol–water partition coefficient (Wildman–Crippen LogP) is 2.68. The molecule has 0 saturated carbocycles. The van der Waals surface area contributed by atoms with Crippen molar-refractivity contribution in [2.75, 3.05) is 25.9 Å². The lowest BCUT2D eigenvalue weighted by Gasteiger charge is -2.27. The number of nitrogens with zero attached hydrogens (tertiary/aromatic N) is 1. The summed E-state index contributed by atoms with van der Waals surface area (Å²) in [4.78, 5) is 2.39. The molecule has 3 nitrogen and oxygen atoms in total. The molecular weight excluding hydrogens is 200 g/mol. The Labute approximate surface area is 98.2 Å². The van der Waals surface area contributed by atoms with Gasteiger partial charge in [0.1, 0.15) is 5.75 Å². The number of hydrogen-bond acceptors (Lipinski definition) is 3. The summed E-state index contributed by atoms with van der Waals surface area (Å²) >= 11 is 0. The fourth-order valence-electron chi connectivity index (χ4n) is 1.99. The minimum Gasteiger partial charge on any atom is -0.495 e. The lowest BCUT2D eigenvalue weighted by atomic mass is 10.1. The highest BCUT2D eigenvalue weighted by atomic mass is 16.5. The number of nitrogen functional groups attached to an aromatic ring is 1. The first kappa shape index (κ1) is 12.8. The molecule has 1 unspecified atom stereocenters. The predicted molar refractivity (Wildman–Crippen MR) is 68.7 cm³/mol. The number of ether oxygens (including phenoxy) is 1. The van der Waals surface area contributed by atoms with Gasteiger partial charge in [-0.25, -0.2) is 0 Å². The van der Waals surface area contributed by atoms with Crippen LogP contribution in [0.15, 0.2) is 18.2 Å². The Bertz CT molecular complexity index is 335. The van der Waals surface area contributed by atoms with E-state index in [-0.39, 0.29) is 0 Å². The number of rotatable bonds is 5. The maximum Gasteiger partial charge on any atom is 0.141 e. The van der Waals surface area contributed by atoms with E-state index < -0.39 is 0 Å². The number of hydrogen-bond donors (Lipinski definition) is 1. The van der Waals surface area contributed by atoms with E-state index in [1.807, 2.05) is 12.1 Å². The van der Waals surface area contributed by atoms with Crippen LogP contribution >= 0.6 is 0 Å². The smallest absolute Gasteiger partial charge is 0.141 e. The van der Waals surface area contributed by atoms with E-state index in [1.54, 1.807) is 7.11 Å². The highest BCUT2D eigenvalue weighted by Crippen LogP contribution is 2.27. The lowest BCUT2D eigenvalue weighted by Crippen LogP contribution is -2.26. The number of anilines is 1. The van der Waals surface area contributed by atoms with E-state index in [0.717, 1.165) is 18.8 Å². The first-order valence-electron chi connectivity index (χ1n) is 5.81. The average molecular weight is 222 g/mol. The summed E-state index contributed by atoms with van der Waals surface area (Å²) in [5, 5.41) is 0. The second-order valence-electron chi connectivity index (χ2n) is 3.90. The zero-order valence-corrected chi connectivity index (χ0v) is 10.7. The van der Waals surface area contributed by atoms with Gasteiger partial charge in [-0.15, -0.1) is 0 Å². The van der Waals surface area contributed by atoms with Gasteiger partial charge in [-0.1, -0.05) is 19.9 Å². The van der Waals surface area contributed by atoms with Gasteiger partial charge in [0, 0.05) is 6.04 Å². The molecule has 0 amide bonds. The normalized spacial score (nSPS) is 12.8. The number of benzene rings is 1. The van der Waals surface area contributed by atoms with Crippen LogP contribution in [0.4, 0.5) is 5.69 Å². The Balaban J connectivity index is 2.91. The Kier molecular flexibility index (Phi) is 4.62. The fourth-order valence-corrected chi connectivity index (χ4v) is 1.99. The monoisotopic (exact) mass is 222 g/mol. The minimum absolute atomic E-state index is 0.392. The highest BCUT2D eigenvalue weighted by Gasteiger charge is 2.13. The Morgan fingerprint density at radius 3 is 2.38 bits per heavy atom. The molecule has 1 atom stereocenters. The van der Waals surface area contributed by atoms with Crippen LogP contribution in [0.2, 0.25) is 0 Å². The van der Waals surface area contributed by atoms with Crippen LogP contribution in [0.25, 0.3) is 0 Å². The summed E-state index contributed by atoms with van der Waals surface area (Å²) < 4.78 is 5.15. The molecule has 2 N–H and O–H groups in total. The van der Waals surface area contributed by atoms with Crippen LogP contribution in [0.5, 0.6) is 5.75 Å². The van der Waals surface area contributed by atoms with Crippen LogP contribution in [0.1, 0.15) is 32.4 Å². The van der Waals surface area contributed by atoms with Crippen molar-refractivity contribution >= 4 is 5.69 Å². The Morgan fingerprint density at radius 1 is 1.31 bits per heavy atom. The van der Waals surface area contributed by atoms with Gasteiger partial charge in [-0.2, -0.15) is 0 Å². The van der Waals surface area contributed by atoms with Gasteiger partial charge in [0.25, 0.3) is 0 Å². The van der Waals surface area contributed by atoms with Crippen molar-refractivity contribution in [3.05, 3.63) is 23.8 Å². The summed E-state index contributed by atoms with van der Waals surface area (Å²) in [7, 11) is 1.64. The first-order chi connectivity index (χ1) is 7.63. The van der Waals surface area contributed by atoms with E-state index >= 15 is 0 Å². The van der Waals surface area contributed by atoms with Crippen molar-refractivity contribution in [2.45, 2.75) is 26.8 Å². The van der Waals surface area contributed by atoms with E-state index in [0.29, 0.717) is 11.7 Å². The van der Waals surface area contributed by atoms with E-state index in [9.17, 15) is 0 Å². The molecule has 1 aromatic carbocycles. The molecule has 0 fully saturated rings. The third kappa shape index (κ3) is 2.67. The molecule has 0 aliphatic rings. The number of nitrogens with two attached hydrogens (primary N) is 1. The summed E-state index contributed by atoms with van der Waals surface area (Å²) in [6.07, 6.45) is 0. The molecule has 0 heterocycles. The molecule has 0 aliphatic heterocycles. The van der Waals surface area contributed by atoms with Crippen LogP contribution in [-0.4, -0.2) is 25.1 Å². The topological polar surface area (TPSA) is 38.5 Å². The highest BCUT2D eigenvalue weighted by molar-refractivity contribution is 5.54. The summed E-state index contributed by atoms with van der Waals surface area (Å²) in [6.45, 7) is 8.64. The zero-order valence-electron chi connectivity index (χ0n) is 10.7. The molecule has 0 saturated heterocycles. The van der Waals surface area contributed by atoms with Crippen LogP contribution < -0.4 is 10.5 Å². The third-order valence-electron chi connectivity index (χ3n) is 3.10. The van der Waals surface area contributed by atoms with Gasteiger partial charge in [-0.05, 0) is 37.7 Å². The van der Waals surface area contributed by atoms with Crippen molar-refractivity contribution < 1.29 is 4.74 Å². The van der Waals surface area contributed by atoms with Crippen molar-refractivity contribution in [3.63, 3.8) is 0 Å². The largest absolute Gasteiger partial charge is 0.495 e. The molecule has 0 bridgehead atoms. The summed E-state index contributed by atoms with van der Waals surface area (Å²) in [6, 6.07) is 6.41. The van der Waals surface area contributed by atoms with Crippen LogP contribution in [0, 0.1) is 0 Å². The van der Waals surface area contributed by atoms with Crippen molar-refractivity contribution in [1.29, 1.82) is 0 Å². The van der Waals surface area contributed by atoms with Gasteiger partial charge in [-0.3, -0.25) is 4.90 Å². The second kappa shape index (κ2) is 5.75. The van der Waals surface area contributed by atoms with Gasteiger partial charge < -0.3 is 10.5 Å². The standard InChI is InChI=1S/C13H22N2O/c1-5-15(6-2)10(3)11-7-8-13(16-4)12(14)9-11/h7-10H,5-6,14H2,1-4H3. The molecule has 0 aliphatic carbocycles. The van der Waals surface area contributed by atoms with Crippen molar-refractivity contribution in [2.24, 2.45) is 0 Å². The molecule has 1 rings (SSSR count). The van der Waals surface area contributed by atoms with Gasteiger partial charge >= 0.3 is 0 Å². The number of methoxy groups -OCH3 is 1. The SMILES string of the molecule is CCN(CC)C(C)c1ccc(OC)c(N)c1. The van der Waals surface area contributed by atoms with E-state index in [2.05, 4.69) is 31.7 Å². The molecule has 0 aromatic heterocycles. The van der Waals surface area contributed by atoms with Gasteiger partial charge in [0.2, 0.25) is 0 Å². The molecule has 16 heavy (non-hydrogen) atoms. The average Bonchev–Trinajstić information content (AvgIpc) is 2.30. The van der Waals surface area contributed by atoms with Gasteiger partial charge in [0.05, 0.1) is 12.8 Å². The maximum absolute atomic E-state index is 5.91. The summed E-state index contributed by atoms with van der Waals surface area (Å²) in [5.74, 6) is 0.746. The Morgan fingerprint density at radius 2 is 1.94 bits per heavy atom. The molecule has 1 aromatic rings. The minimum atomic E-state index is 0.392. The molecule has 90 valence electrons. The second-order valence-corrected chi connectivity index (χ2v) is 3.90. The summed E-state index contributed by atoms with van der Waals surface area (Å²) in [5.41, 5.74) is 7.85. The molecular formula is C13H22N2O. The fraction of sp³-hybridized carbons (Fsp3) is 0.538. The van der Waals surface area contributed by atoms with E-state index in [1.165, 1.54) is 5.56 Å².